The van der Waals surface area contributed by atoms with Gasteiger partial charge in [-0.05, 0) is 30.5 Å². The number of hydrogen-bond acceptors (Lipinski definition) is 4. The van der Waals surface area contributed by atoms with Crippen LogP contribution in [-0.2, 0) is 6.54 Å². The standard InChI is InChI=1S/C14H14ClN5/c15-10-3-1-2-9(6-10)8-20-13(17)12(7-16)14(19-20)18-11-4-5-11/h1-3,6,11H,4-5,8,17H2,(H,18,19). The van der Waals surface area contributed by atoms with Gasteiger partial charge < -0.3 is 11.1 Å². The predicted molar refractivity (Wildman–Crippen MR) is 78.6 cm³/mol. The van der Waals surface area contributed by atoms with Crippen LogP contribution in [0.25, 0.3) is 0 Å². The van der Waals surface area contributed by atoms with Crippen LogP contribution in [0.4, 0.5) is 11.6 Å². The van der Waals surface area contributed by atoms with Crippen molar-refractivity contribution in [2.75, 3.05) is 11.1 Å². The third kappa shape index (κ3) is 2.56. The molecule has 0 saturated heterocycles. The molecular formula is C14H14ClN5. The summed E-state index contributed by atoms with van der Waals surface area (Å²) >= 11 is 5.97. The highest BCUT2D eigenvalue weighted by molar-refractivity contribution is 6.30. The maximum atomic E-state index is 9.21. The Labute approximate surface area is 122 Å². The quantitative estimate of drug-likeness (QED) is 0.906. The molecule has 1 aliphatic rings. The lowest BCUT2D eigenvalue weighted by molar-refractivity contribution is 0.698. The molecule has 5 nitrogen and oxygen atoms in total. The van der Waals surface area contributed by atoms with Crippen molar-refractivity contribution < 1.29 is 0 Å². The van der Waals surface area contributed by atoms with Crippen LogP contribution in [0.15, 0.2) is 24.3 Å². The van der Waals surface area contributed by atoms with Gasteiger partial charge in [-0.25, -0.2) is 4.68 Å². The van der Waals surface area contributed by atoms with Crippen molar-refractivity contribution in [2.24, 2.45) is 0 Å². The molecule has 20 heavy (non-hydrogen) atoms. The molecule has 0 amide bonds. The summed E-state index contributed by atoms with van der Waals surface area (Å²) in [5.41, 5.74) is 7.41. The van der Waals surface area contributed by atoms with Gasteiger partial charge in [0, 0.05) is 11.1 Å². The summed E-state index contributed by atoms with van der Waals surface area (Å²) in [4.78, 5) is 0. The average molecular weight is 288 g/mol. The summed E-state index contributed by atoms with van der Waals surface area (Å²) in [7, 11) is 0. The van der Waals surface area contributed by atoms with Crippen LogP contribution in [0, 0.1) is 11.3 Å². The number of nitrogens with two attached hydrogens (primary N) is 1. The summed E-state index contributed by atoms with van der Waals surface area (Å²) < 4.78 is 1.63. The van der Waals surface area contributed by atoms with Gasteiger partial charge in [0.15, 0.2) is 5.82 Å². The van der Waals surface area contributed by atoms with E-state index in [1.807, 2.05) is 24.3 Å². The van der Waals surface area contributed by atoms with E-state index in [-0.39, 0.29) is 0 Å². The number of benzene rings is 1. The van der Waals surface area contributed by atoms with E-state index in [1.165, 1.54) is 0 Å². The minimum Gasteiger partial charge on any atom is -0.383 e. The Morgan fingerprint density at radius 3 is 2.95 bits per heavy atom. The second-order valence-electron chi connectivity index (χ2n) is 4.93. The molecular weight excluding hydrogens is 274 g/mol. The second kappa shape index (κ2) is 5.06. The van der Waals surface area contributed by atoms with Gasteiger partial charge in [-0.2, -0.15) is 10.4 Å². The molecule has 1 fully saturated rings. The van der Waals surface area contributed by atoms with E-state index < -0.39 is 0 Å². The topological polar surface area (TPSA) is 79.7 Å². The number of hydrogen-bond donors (Lipinski definition) is 2. The van der Waals surface area contributed by atoms with Gasteiger partial charge in [-0.1, -0.05) is 23.7 Å². The molecule has 1 saturated carbocycles. The van der Waals surface area contributed by atoms with Crippen LogP contribution >= 0.6 is 11.6 Å². The molecule has 102 valence electrons. The van der Waals surface area contributed by atoms with E-state index in [0.29, 0.717) is 34.8 Å². The largest absolute Gasteiger partial charge is 0.383 e. The van der Waals surface area contributed by atoms with Crippen molar-refractivity contribution in [3.8, 4) is 6.07 Å². The molecule has 2 aromatic rings. The molecule has 0 aliphatic heterocycles. The lowest BCUT2D eigenvalue weighted by atomic mass is 10.2. The first-order valence-corrected chi connectivity index (χ1v) is 6.82. The van der Waals surface area contributed by atoms with E-state index in [1.54, 1.807) is 4.68 Å². The van der Waals surface area contributed by atoms with E-state index in [9.17, 15) is 5.26 Å². The van der Waals surface area contributed by atoms with Crippen LogP contribution in [0.2, 0.25) is 5.02 Å². The summed E-state index contributed by atoms with van der Waals surface area (Å²) in [5, 5.41) is 17.5. The van der Waals surface area contributed by atoms with Crippen molar-refractivity contribution in [3.05, 3.63) is 40.4 Å². The van der Waals surface area contributed by atoms with Gasteiger partial charge in [-0.15, -0.1) is 0 Å². The monoisotopic (exact) mass is 287 g/mol. The molecule has 1 heterocycles. The minimum absolute atomic E-state index is 0.385. The van der Waals surface area contributed by atoms with Crippen molar-refractivity contribution in [1.29, 1.82) is 5.26 Å². The molecule has 1 aliphatic carbocycles. The average Bonchev–Trinajstić information content (AvgIpc) is 3.17. The highest BCUT2D eigenvalue weighted by Gasteiger charge is 2.25. The van der Waals surface area contributed by atoms with E-state index >= 15 is 0 Å². The first-order chi connectivity index (χ1) is 9.67. The van der Waals surface area contributed by atoms with E-state index in [2.05, 4.69) is 16.5 Å². The fourth-order valence-corrected chi connectivity index (χ4v) is 2.25. The molecule has 6 heteroatoms. The van der Waals surface area contributed by atoms with Crippen LogP contribution < -0.4 is 11.1 Å². The van der Waals surface area contributed by atoms with Crippen LogP contribution in [0.5, 0.6) is 0 Å². The number of halogens is 1. The molecule has 0 unspecified atom stereocenters. The molecule has 1 aromatic carbocycles. The zero-order valence-corrected chi connectivity index (χ0v) is 11.6. The Kier molecular flexibility index (Phi) is 3.25. The SMILES string of the molecule is N#Cc1c(NC2CC2)nn(Cc2cccc(Cl)c2)c1N. The number of nitrogens with zero attached hydrogens (tertiary/aromatic N) is 3. The molecule has 0 spiro atoms. The first kappa shape index (κ1) is 12.8. The molecule has 0 radical (unpaired) electrons. The third-order valence-electron chi connectivity index (χ3n) is 3.24. The minimum atomic E-state index is 0.385. The lowest BCUT2D eigenvalue weighted by Gasteiger charge is -2.04. The maximum absolute atomic E-state index is 9.21. The van der Waals surface area contributed by atoms with Gasteiger partial charge in [-0.3, -0.25) is 0 Å². The molecule has 3 rings (SSSR count). The van der Waals surface area contributed by atoms with E-state index in [0.717, 1.165) is 18.4 Å². The summed E-state index contributed by atoms with van der Waals surface area (Å²) in [5.74, 6) is 0.963. The van der Waals surface area contributed by atoms with E-state index in [4.69, 9.17) is 17.3 Å². The first-order valence-electron chi connectivity index (χ1n) is 6.44. The van der Waals surface area contributed by atoms with Gasteiger partial charge in [0.05, 0.1) is 6.54 Å². The van der Waals surface area contributed by atoms with Gasteiger partial charge in [0.25, 0.3) is 0 Å². The third-order valence-corrected chi connectivity index (χ3v) is 3.48. The number of aromatic nitrogens is 2. The Morgan fingerprint density at radius 1 is 1.50 bits per heavy atom. The highest BCUT2D eigenvalue weighted by atomic mass is 35.5. The normalized spacial score (nSPS) is 14.0. The van der Waals surface area contributed by atoms with Gasteiger partial charge >= 0.3 is 0 Å². The van der Waals surface area contributed by atoms with Crippen molar-refractivity contribution in [3.63, 3.8) is 0 Å². The Balaban J connectivity index is 1.89. The molecule has 3 N–H and O–H groups in total. The fraction of sp³-hybridized carbons (Fsp3) is 0.286. The summed E-state index contributed by atoms with van der Waals surface area (Å²) in [6.07, 6.45) is 2.23. The zero-order chi connectivity index (χ0) is 14.1. The van der Waals surface area contributed by atoms with Gasteiger partial charge in [0.2, 0.25) is 0 Å². The maximum Gasteiger partial charge on any atom is 0.168 e. The van der Waals surface area contributed by atoms with Crippen molar-refractivity contribution in [1.82, 2.24) is 9.78 Å². The summed E-state index contributed by atoms with van der Waals surface area (Å²) in [6.45, 7) is 0.493. The Hall–Kier alpha value is -2.19. The number of nitrogen functional groups attached to an aromatic ring is 1. The lowest BCUT2D eigenvalue weighted by Crippen LogP contribution is -2.07. The zero-order valence-electron chi connectivity index (χ0n) is 10.8. The van der Waals surface area contributed by atoms with Crippen molar-refractivity contribution in [2.45, 2.75) is 25.4 Å². The molecule has 1 aromatic heterocycles. The van der Waals surface area contributed by atoms with Gasteiger partial charge in [0.1, 0.15) is 17.5 Å². The second-order valence-corrected chi connectivity index (χ2v) is 5.36. The molecule has 0 bridgehead atoms. The predicted octanol–water partition coefficient (Wildman–Crippen LogP) is 2.61. The fourth-order valence-electron chi connectivity index (χ4n) is 2.04. The number of nitriles is 1. The highest BCUT2D eigenvalue weighted by Crippen LogP contribution is 2.28. The van der Waals surface area contributed by atoms with Crippen LogP contribution in [-0.4, -0.2) is 15.8 Å². The number of nitrogens with one attached hydrogen (secondary N) is 1. The smallest absolute Gasteiger partial charge is 0.168 e. The Morgan fingerprint density at radius 2 is 2.30 bits per heavy atom. The summed E-state index contributed by atoms with van der Waals surface area (Å²) in [6, 6.07) is 10.1. The Bertz CT molecular complexity index is 681. The van der Waals surface area contributed by atoms with Crippen molar-refractivity contribution >= 4 is 23.2 Å². The van der Waals surface area contributed by atoms with Crippen LogP contribution in [0.1, 0.15) is 24.0 Å². The molecule has 0 atom stereocenters. The number of rotatable bonds is 4. The van der Waals surface area contributed by atoms with Crippen LogP contribution in [0.3, 0.4) is 0 Å². The number of anilines is 2.